The smallest absolute Gasteiger partial charge is 0.101 e. The van der Waals surface area contributed by atoms with E-state index in [0.29, 0.717) is 16.7 Å². The van der Waals surface area contributed by atoms with E-state index in [0.717, 1.165) is 74.3 Å². The zero-order valence-electron chi connectivity index (χ0n) is 29.4. The maximum Gasteiger partial charge on any atom is 0.101 e. The van der Waals surface area contributed by atoms with Gasteiger partial charge in [-0.1, -0.05) is 73.7 Å². The fourth-order valence-corrected chi connectivity index (χ4v) is 8.27. The maximum atomic E-state index is 10.6. The van der Waals surface area contributed by atoms with Crippen LogP contribution in [0.2, 0.25) is 0 Å². The first-order chi connectivity index (χ1) is 25.4. The van der Waals surface area contributed by atoms with Gasteiger partial charge in [-0.2, -0.15) is 15.8 Å². The van der Waals surface area contributed by atoms with Crippen molar-refractivity contribution in [1.29, 1.82) is 15.8 Å². The number of benzene rings is 5. The summed E-state index contributed by atoms with van der Waals surface area (Å²) in [5, 5.41) is 30.8. The molecule has 1 aliphatic heterocycles. The van der Waals surface area contributed by atoms with E-state index in [4.69, 9.17) is 0 Å². The summed E-state index contributed by atoms with van der Waals surface area (Å²) in [5.41, 5.74) is 16.5. The Hall–Kier alpha value is -6.83. The van der Waals surface area contributed by atoms with E-state index in [9.17, 15) is 15.8 Å². The lowest BCUT2D eigenvalue weighted by molar-refractivity contribution is 0.421. The van der Waals surface area contributed by atoms with Gasteiger partial charge in [0.2, 0.25) is 0 Å². The Labute approximate surface area is 304 Å². The minimum Gasteiger partial charge on any atom is -0.331 e. The van der Waals surface area contributed by atoms with Crippen LogP contribution in [-0.4, -0.2) is 10.6 Å². The number of allylic oxidation sites excluding steroid dienone is 1. The van der Waals surface area contributed by atoms with Crippen LogP contribution in [0.15, 0.2) is 133 Å². The van der Waals surface area contributed by atoms with E-state index in [1.165, 1.54) is 5.56 Å². The molecule has 2 aliphatic rings. The summed E-state index contributed by atoms with van der Waals surface area (Å²) in [7, 11) is 0. The number of nitrogens with zero attached hydrogens (tertiary/aromatic N) is 5. The Morgan fingerprint density at radius 1 is 0.846 bits per heavy atom. The zero-order chi connectivity index (χ0) is 36.0. The predicted molar refractivity (Wildman–Crippen MR) is 209 cm³/mol. The fraction of sp³-hybridized carbons (Fsp3) is 0.149. The number of aromatic nitrogens is 1. The maximum absolute atomic E-state index is 10.6. The highest BCUT2D eigenvalue weighted by Crippen LogP contribution is 2.54. The molecule has 0 amide bonds. The molecule has 0 spiro atoms. The standard InChI is InChI=1S/C47H35N5/c1-31(28-48)26-44-32(2)40-27-33(29-49)19-24-42(40)51(44)36-22-20-34(21-23-36)37-13-6-7-14-38(37)39-15-11-12-35(30-50)46(39)52-43-17-9-8-16-41(43)47(3)25-10-4-5-18-45(47)52/h4,6-9,11-24,26-27,45H,10,25H2,1-3H3/b31-26+. The van der Waals surface area contributed by atoms with E-state index in [1.54, 1.807) is 0 Å². The van der Waals surface area contributed by atoms with Crippen LogP contribution in [0, 0.1) is 40.9 Å². The van der Waals surface area contributed by atoms with Crippen LogP contribution in [0.25, 0.3) is 44.9 Å². The van der Waals surface area contributed by atoms with Crippen molar-refractivity contribution in [3.8, 4) is 46.1 Å². The van der Waals surface area contributed by atoms with Crippen molar-refractivity contribution in [1.82, 2.24) is 4.57 Å². The van der Waals surface area contributed by atoms with Gasteiger partial charge in [-0.3, -0.25) is 0 Å². The van der Waals surface area contributed by atoms with Gasteiger partial charge in [-0.25, -0.2) is 0 Å². The molecule has 6 aromatic rings. The van der Waals surface area contributed by atoms with Crippen LogP contribution >= 0.6 is 0 Å². The molecule has 0 bridgehead atoms. The lowest BCUT2D eigenvalue weighted by atomic mass is 9.75. The molecule has 8 rings (SSSR count). The van der Waals surface area contributed by atoms with Crippen molar-refractivity contribution in [3.63, 3.8) is 0 Å². The molecule has 5 nitrogen and oxygen atoms in total. The van der Waals surface area contributed by atoms with Crippen molar-refractivity contribution < 1.29 is 0 Å². The third kappa shape index (κ3) is 5.06. The Balaban J connectivity index is 1.28. The van der Waals surface area contributed by atoms with E-state index in [1.807, 2.05) is 50.3 Å². The third-order valence-corrected chi connectivity index (χ3v) is 10.9. The molecule has 2 atom stereocenters. The number of nitriles is 3. The highest BCUT2D eigenvalue weighted by atomic mass is 15.2. The molecule has 248 valence electrons. The second-order valence-electron chi connectivity index (χ2n) is 13.9. The first kappa shape index (κ1) is 32.4. The molecular weight excluding hydrogens is 635 g/mol. The molecule has 52 heavy (non-hydrogen) atoms. The second kappa shape index (κ2) is 12.8. The number of para-hydroxylation sites is 2. The Morgan fingerprint density at radius 3 is 2.37 bits per heavy atom. The zero-order valence-corrected chi connectivity index (χ0v) is 29.4. The second-order valence-corrected chi connectivity index (χ2v) is 13.9. The van der Waals surface area contributed by atoms with Gasteiger partial charge in [0.05, 0.1) is 46.2 Å². The van der Waals surface area contributed by atoms with Crippen molar-refractivity contribution in [2.24, 2.45) is 0 Å². The number of rotatable bonds is 5. The number of aryl methyl sites for hydroxylation is 1. The summed E-state index contributed by atoms with van der Waals surface area (Å²) >= 11 is 0. The molecule has 0 fully saturated rings. The van der Waals surface area contributed by atoms with Crippen molar-refractivity contribution >= 4 is 28.4 Å². The van der Waals surface area contributed by atoms with Crippen molar-refractivity contribution in [3.05, 3.63) is 161 Å². The van der Waals surface area contributed by atoms with Gasteiger partial charge >= 0.3 is 0 Å². The van der Waals surface area contributed by atoms with Crippen LogP contribution in [-0.2, 0) is 5.41 Å². The molecule has 0 N–H and O–H groups in total. The average molecular weight is 670 g/mol. The van der Waals surface area contributed by atoms with Gasteiger partial charge in [0, 0.05) is 33.3 Å². The normalized spacial score (nSPS) is 17.6. The third-order valence-electron chi connectivity index (χ3n) is 10.9. The van der Waals surface area contributed by atoms with Crippen LogP contribution in [0.5, 0.6) is 0 Å². The molecule has 1 aliphatic carbocycles. The predicted octanol–water partition coefficient (Wildman–Crippen LogP) is 11.2. The number of anilines is 2. The van der Waals surface area contributed by atoms with Crippen LogP contribution in [0.1, 0.15) is 54.6 Å². The van der Waals surface area contributed by atoms with Gasteiger partial charge < -0.3 is 9.47 Å². The minimum atomic E-state index is -0.136. The monoisotopic (exact) mass is 669 g/mol. The lowest BCUT2D eigenvalue weighted by Gasteiger charge is -2.35. The van der Waals surface area contributed by atoms with E-state index < -0.39 is 0 Å². The Kier molecular flexibility index (Phi) is 7.97. The average Bonchev–Trinajstić information content (AvgIpc) is 3.49. The van der Waals surface area contributed by atoms with Crippen LogP contribution < -0.4 is 4.90 Å². The lowest BCUT2D eigenvalue weighted by Crippen LogP contribution is -2.39. The highest BCUT2D eigenvalue weighted by molar-refractivity contribution is 5.96. The molecule has 0 radical (unpaired) electrons. The van der Waals surface area contributed by atoms with Crippen LogP contribution in [0.4, 0.5) is 11.4 Å². The quantitative estimate of drug-likeness (QED) is 0.135. The van der Waals surface area contributed by atoms with Gasteiger partial charge in [-0.05, 0) is 115 Å². The number of fused-ring (bicyclic) bond motifs is 4. The van der Waals surface area contributed by atoms with Gasteiger partial charge in [0.25, 0.3) is 0 Å². The van der Waals surface area contributed by atoms with Crippen LogP contribution in [0.3, 0.4) is 0 Å². The first-order valence-corrected chi connectivity index (χ1v) is 17.5. The fourth-order valence-electron chi connectivity index (χ4n) is 8.27. The molecule has 5 aromatic carbocycles. The SMILES string of the molecule is C/C(C#N)=C\c1c(C)c2cc(C#N)ccc2n1-c1ccc(-c2ccccc2-c2cccc(C#N)c2N2c3ccccc3C3(C)CCC=C=CC23)cc1. The van der Waals surface area contributed by atoms with Gasteiger partial charge in [0.15, 0.2) is 0 Å². The summed E-state index contributed by atoms with van der Waals surface area (Å²) in [6.07, 6.45) is 8.17. The topological polar surface area (TPSA) is 79.5 Å². The van der Waals surface area contributed by atoms with Gasteiger partial charge in [0.1, 0.15) is 6.07 Å². The van der Waals surface area contributed by atoms with Gasteiger partial charge in [-0.15, -0.1) is 5.73 Å². The summed E-state index contributed by atoms with van der Waals surface area (Å²) in [6, 6.07) is 44.4. The minimum absolute atomic E-state index is 0.000324. The molecule has 0 saturated carbocycles. The summed E-state index contributed by atoms with van der Waals surface area (Å²) in [5.74, 6) is 0. The van der Waals surface area contributed by atoms with E-state index in [2.05, 4.69) is 131 Å². The van der Waals surface area contributed by atoms with E-state index >= 15 is 0 Å². The molecule has 2 heterocycles. The molecule has 0 saturated heterocycles. The number of hydrogen-bond acceptors (Lipinski definition) is 4. The summed E-state index contributed by atoms with van der Waals surface area (Å²) in [4.78, 5) is 2.38. The molecule has 1 aromatic heterocycles. The number of hydrogen-bond donors (Lipinski definition) is 0. The summed E-state index contributed by atoms with van der Waals surface area (Å²) < 4.78 is 2.16. The Morgan fingerprint density at radius 2 is 1.60 bits per heavy atom. The molecule has 5 heteroatoms. The largest absolute Gasteiger partial charge is 0.331 e. The highest BCUT2D eigenvalue weighted by Gasteiger charge is 2.48. The van der Waals surface area contributed by atoms with Crippen molar-refractivity contribution in [2.45, 2.75) is 45.1 Å². The first-order valence-electron chi connectivity index (χ1n) is 17.5. The molecular formula is C47H35N5. The Bertz CT molecular complexity index is 2640. The van der Waals surface area contributed by atoms with E-state index in [-0.39, 0.29) is 11.5 Å². The molecule has 2 unspecified atom stereocenters. The summed E-state index contributed by atoms with van der Waals surface area (Å²) in [6.45, 7) is 6.19. The van der Waals surface area contributed by atoms with Crippen molar-refractivity contribution in [2.75, 3.05) is 4.90 Å².